The number of ether oxygens (including phenoxy) is 1. The first-order chi connectivity index (χ1) is 18.7. The van der Waals surface area contributed by atoms with E-state index in [4.69, 9.17) is 4.74 Å². The van der Waals surface area contributed by atoms with Gasteiger partial charge in [0.25, 0.3) is 0 Å². The lowest BCUT2D eigenvalue weighted by molar-refractivity contribution is -0.156. The van der Waals surface area contributed by atoms with E-state index >= 15 is 0 Å². The van der Waals surface area contributed by atoms with Crippen LogP contribution in [0.4, 0.5) is 0 Å². The highest BCUT2D eigenvalue weighted by Crippen LogP contribution is 2.63. The van der Waals surface area contributed by atoms with Gasteiger partial charge in [-0.05, 0) is 38.2 Å². The Morgan fingerprint density at radius 2 is 1.87 bits per heavy atom. The molecule has 1 aromatic rings. The van der Waals surface area contributed by atoms with Crippen LogP contribution in [-0.4, -0.2) is 94.1 Å². The van der Waals surface area contributed by atoms with Crippen LogP contribution in [0, 0.1) is 11.8 Å². The Kier molecular flexibility index (Phi) is 8.66. The number of hydrogen-bond donors (Lipinski definition) is 1. The van der Waals surface area contributed by atoms with Gasteiger partial charge in [0.05, 0.1) is 30.1 Å². The van der Waals surface area contributed by atoms with Gasteiger partial charge in [-0.3, -0.25) is 14.4 Å². The number of hydrogen-bond acceptors (Lipinski definition) is 5. The molecular weight excluding hydrogens is 494 g/mol. The number of carbonyl (C=O) groups is 3. The highest BCUT2D eigenvalue weighted by molar-refractivity contribution is 5.99. The fourth-order valence-electron chi connectivity index (χ4n) is 7.04. The van der Waals surface area contributed by atoms with Gasteiger partial charge in [-0.1, -0.05) is 55.8 Å². The van der Waals surface area contributed by atoms with Gasteiger partial charge >= 0.3 is 0 Å². The van der Waals surface area contributed by atoms with Crippen molar-refractivity contribution in [3.63, 3.8) is 0 Å². The third-order valence-electron chi connectivity index (χ3n) is 8.85. The zero-order valence-corrected chi connectivity index (χ0v) is 23.6. The SMILES string of the molecule is C=CCN(C)C(=O)[C@H]1[C@H]2C(=O)N([C@@H](CO)Cc3ccccc3)C(C(=O)N(CC=C)CCCC)C23CC[C@]1(C)O3. The van der Waals surface area contributed by atoms with Gasteiger partial charge in [-0.15, -0.1) is 13.2 Å². The Bertz CT molecular complexity index is 1090. The zero-order chi connectivity index (χ0) is 28.4. The number of likely N-dealkylation sites (tertiary alicyclic amines) is 1. The first kappa shape index (κ1) is 29.0. The molecule has 4 rings (SSSR count). The average Bonchev–Trinajstić information content (AvgIpc) is 3.50. The minimum atomic E-state index is -1.13. The van der Waals surface area contributed by atoms with E-state index in [-0.39, 0.29) is 24.3 Å². The van der Waals surface area contributed by atoms with Crippen molar-refractivity contribution in [3.8, 4) is 0 Å². The summed E-state index contributed by atoms with van der Waals surface area (Å²) in [5.41, 5.74) is -1.03. The molecule has 2 bridgehead atoms. The normalized spacial score (nSPS) is 29.7. The topological polar surface area (TPSA) is 90.4 Å². The van der Waals surface area contributed by atoms with Crippen molar-refractivity contribution in [1.82, 2.24) is 14.7 Å². The summed E-state index contributed by atoms with van der Waals surface area (Å²) in [6.45, 7) is 12.5. The number of rotatable bonds is 13. The van der Waals surface area contributed by atoms with Crippen LogP contribution < -0.4 is 0 Å². The first-order valence-electron chi connectivity index (χ1n) is 14.1. The van der Waals surface area contributed by atoms with Crippen molar-refractivity contribution in [3.05, 3.63) is 61.2 Å². The van der Waals surface area contributed by atoms with E-state index in [0.717, 1.165) is 18.4 Å². The number of aliphatic hydroxyl groups excluding tert-OH is 1. The van der Waals surface area contributed by atoms with Crippen LogP contribution in [-0.2, 0) is 25.5 Å². The molecule has 1 aromatic carbocycles. The minimum absolute atomic E-state index is 0.178. The number of carbonyl (C=O) groups excluding carboxylic acids is 3. The van der Waals surface area contributed by atoms with E-state index in [2.05, 4.69) is 20.1 Å². The van der Waals surface area contributed by atoms with Gasteiger partial charge in [0.15, 0.2) is 0 Å². The number of benzene rings is 1. The maximum Gasteiger partial charge on any atom is 0.248 e. The van der Waals surface area contributed by atoms with Gasteiger partial charge in [-0.25, -0.2) is 0 Å². The Labute approximate surface area is 232 Å². The minimum Gasteiger partial charge on any atom is -0.394 e. The number of amides is 3. The lowest BCUT2D eigenvalue weighted by Crippen LogP contribution is -2.59. The average molecular weight is 538 g/mol. The van der Waals surface area contributed by atoms with Crippen LogP contribution in [0.5, 0.6) is 0 Å². The molecule has 0 aromatic heterocycles. The Morgan fingerprint density at radius 3 is 2.49 bits per heavy atom. The zero-order valence-electron chi connectivity index (χ0n) is 23.6. The van der Waals surface area contributed by atoms with Gasteiger partial charge in [0, 0.05) is 26.7 Å². The Hall–Kier alpha value is -2.97. The summed E-state index contributed by atoms with van der Waals surface area (Å²) in [4.78, 5) is 47.6. The molecule has 3 aliphatic rings. The van der Waals surface area contributed by atoms with E-state index < -0.39 is 35.1 Å². The molecule has 0 saturated carbocycles. The predicted octanol–water partition coefficient (Wildman–Crippen LogP) is 2.81. The first-order valence-corrected chi connectivity index (χ1v) is 14.1. The van der Waals surface area contributed by atoms with E-state index in [9.17, 15) is 19.5 Å². The molecule has 0 radical (unpaired) electrons. The van der Waals surface area contributed by atoms with Crippen LogP contribution >= 0.6 is 0 Å². The van der Waals surface area contributed by atoms with Crippen LogP contribution in [0.2, 0.25) is 0 Å². The van der Waals surface area contributed by atoms with Gasteiger partial charge in [0.2, 0.25) is 17.7 Å². The lowest BCUT2D eigenvalue weighted by atomic mass is 9.66. The summed E-state index contributed by atoms with van der Waals surface area (Å²) in [5.74, 6) is -2.19. The van der Waals surface area contributed by atoms with E-state index in [1.54, 1.807) is 33.9 Å². The molecule has 212 valence electrons. The molecule has 3 aliphatic heterocycles. The van der Waals surface area contributed by atoms with Gasteiger partial charge in [0.1, 0.15) is 11.6 Å². The molecule has 0 aliphatic carbocycles. The summed E-state index contributed by atoms with van der Waals surface area (Å²) in [6, 6.07) is 8.07. The molecule has 3 amide bonds. The quantitative estimate of drug-likeness (QED) is 0.391. The van der Waals surface area contributed by atoms with Crippen molar-refractivity contribution in [2.24, 2.45) is 11.8 Å². The third kappa shape index (κ3) is 4.93. The van der Waals surface area contributed by atoms with Crippen LogP contribution in [0.3, 0.4) is 0 Å². The largest absolute Gasteiger partial charge is 0.394 e. The molecule has 6 atom stereocenters. The molecule has 2 unspecified atom stereocenters. The molecule has 3 heterocycles. The molecule has 8 heteroatoms. The summed E-state index contributed by atoms with van der Waals surface area (Å²) in [5, 5.41) is 10.6. The van der Waals surface area contributed by atoms with E-state index in [1.807, 2.05) is 37.3 Å². The molecule has 3 fully saturated rings. The van der Waals surface area contributed by atoms with Gasteiger partial charge < -0.3 is 24.5 Å². The van der Waals surface area contributed by atoms with Crippen molar-refractivity contribution in [1.29, 1.82) is 0 Å². The molecule has 3 saturated heterocycles. The highest BCUT2D eigenvalue weighted by atomic mass is 16.5. The number of likely N-dealkylation sites (N-methyl/N-ethyl adjacent to an activating group) is 1. The van der Waals surface area contributed by atoms with Crippen molar-refractivity contribution >= 4 is 17.7 Å². The number of nitrogens with zero attached hydrogens (tertiary/aromatic N) is 3. The number of aliphatic hydroxyl groups is 1. The summed E-state index contributed by atoms with van der Waals surface area (Å²) >= 11 is 0. The molecule has 39 heavy (non-hydrogen) atoms. The second kappa shape index (κ2) is 11.6. The standard InChI is InChI=1S/C31H43N3O5/c1-6-9-19-33(18-8-3)29(38)26-31-16-15-30(4,39-31)24(27(36)32(5)17-7-2)25(31)28(37)34(26)23(21-35)20-22-13-11-10-12-14-22/h7-8,10-14,23-26,35H,2-3,6,9,15-21H2,1,4-5H3/t23-,24-,25+,26?,30+,31?/m1/s1. The van der Waals surface area contributed by atoms with Crippen molar-refractivity contribution < 1.29 is 24.2 Å². The van der Waals surface area contributed by atoms with E-state index in [0.29, 0.717) is 38.9 Å². The third-order valence-corrected chi connectivity index (χ3v) is 8.85. The van der Waals surface area contributed by atoms with Crippen molar-refractivity contribution in [2.75, 3.05) is 33.3 Å². The van der Waals surface area contributed by atoms with Crippen molar-refractivity contribution in [2.45, 2.75) is 69.2 Å². The monoisotopic (exact) mass is 537 g/mol. The fourth-order valence-corrected chi connectivity index (χ4v) is 7.04. The Balaban J connectivity index is 1.81. The number of unbranched alkanes of at least 4 members (excludes halogenated alkanes) is 1. The second-order valence-electron chi connectivity index (χ2n) is 11.4. The molecule has 1 N–H and O–H groups in total. The maximum absolute atomic E-state index is 14.5. The van der Waals surface area contributed by atoms with Gasteiger partial charge in [-0.2, -0.15) is 0 Å². The summed E-state index contributed by atoms with van der Waals surface area (Å²) < 4.78 is 6.75. The molecular formula is C31H43N3O5. The van der Waals surface area contributed by atoms with Crippen LogP contribution in [0.15, 0.2) is 55.6 Å². The lowest BCUT2D eigenvalue weighted by Gasteiger charge is -2.39. The Morgan fingerprint density at radius 1 is 1.18 bits per heavy atom. The maximum atomic E-state index is 14.5. The predicted molar refractivity (Wildman–Crippen MR) is 150 cm³/mol. The fraction of sp³-hybridized carbons (Fsp3) is 0.581. The summed E-state index contributed by atoms with van der Waals surface area (Å²) in [7, 11) is 1.70. The second-order valence-corrected chi connectivity index (χ2v) is 11.4. The van der Waals surface area contributed by atoms with Crippen LogP contribution in [0.25, 0.3) is 0 Å². The smallest absolute Gasteiger partial charge is 0.248 e. The highest BCUT2D eigenvalue weighted by Gasteiger charge is 2.78. The molecule has 1 spiro atoms. The van der Waals surface area contributed by atoms with E-state index in [1.165, 1.54) is 0 Å². The number of fused-ring (bicyclic) bond motifs is 1. The van der Waals surface area contributed by atoms with Crippen LogP contribution in [0.1, 0.15) is 45.1 Å². The molecule has 8 nitrogen and oxygen atoms in total. The summed E-state index contributed by atoms with van der Waals surface area (Å²) in [6.07, 6.45) is 6.54.